The Balaban J connectivity index is 1.69. The highest BCUT2D eigenvalue weighted by Gasteiger charge is 2.20. The maximum atomic E-state index is 12.4. The van der Waals surface area contributed by atoms with Gasteiger partial charge in [0.15, 0.2) is 5.78 Å². The molecular weight excluding hydrogens is 316 g/mol. The van der Waals surface area contributed by atoms with Crippen LogP contribution in [0.5, 0.6) is 0 Å². The molecule has 0 aliphatic carbocycles. The average molecular weight is 336 g/mol. The molecule has 2 aromatic rings. The highest BCUT2D eigenvalue weighted by atomic mass is 16.2. The van der Waals surface area contributed by atoms with Crippen LogP contribution in [-0.2, 0) is 11.3 Å². The van der Waals surface area contributed by atoms with Crippen LogP contribution in [0.15, 0.2) is 48.5 Å². The van der Waals surface area contributed by atoms with Crippen LogP contribution in [0, 0.1) is 0 Å². The summed E-state index contributed by atoms with van der Waals surface area (Å²) in [4.78, 5) is 37.6. The minimum Gasteiger partial charge on any atom is -0.338 e. The van der Waals surface area contributed by atoms with Crippen LogP contribution < -0.4 is 5.32 Å². The van der Waals surface area contributed by atoms with Gasteiger partial charge in [-0.05, 0) is 43.2 Å². The quantitative estimate of drug-likeness (QED) is 0.852. The summed E-state index contributed by atoms with van der Waals surface area (Å²) in [6.07, 6.45) is 1.53. The predicted octanol–water partition coefficient (Wildman–Crippen LogP) is 3.26. The smallest absolute Gasteiger partial charge is 0.255 e. The molecule has 25 heavy (non-hydrogen) atoms. The molecule has 1 aliphatic rings. The molecular formula is C20H20N2O3. The Morgan fingerprint density at radius 2 is 1.80 bits per heavy atom. The molecule has 1 N–H and O–H groups in total. The number of likely N-dealkylation sites (tertiary alicyclic amines) is 1. The van der Waals surface area contributed by atoms with E-state index in [9.17, 15) is 14.4 Å². The van der Waals surface area contributed by atoms with E-state index in [1.807, 2.05) is 17.0 Å². The minimum atomic E-state index is -0.266. The normalized spacial score (nSPS) is 13.8. The van der Waals surface area contributed by atoms with Crippen LogP contribution in [0.1, 0.15) is 46.0 Å². The first-order valence-electron chi connectivity index (χ1n) is 8.32. The zero-order valence-electron chi connectivity index (χ0n) is 14.1. The summed E-state index contributed by atoms with van der Waals surface area (Å²) in [6.45, 7) is 2.84. The number of anilines is 1. The lowest BCUT2D eigenvalue weighted by molar-refractivity contribution is -0.128. The van der Waals surface area contributed by atoms with Crippen molar-refractivity contribution in [3.8, 4) is 0 Å². The van der Waals surface area contributed by atoms with Gasteiger partial charge in [-0.3, -0.25) is 14.4 Å². The third-order valence-corrected chi connectivity index (χ3v) is 4.32. The fourth-order valence-electron chi connectivity index (χ4n) is 2.95. The van der Waals surface area contributed by atoms with Gasteiger partial charge in [0.1, 0.15) is 0 Å². The molecule has 1 heterocycles. The number of nitrogens with one attached hydrogen (secondary N) is 1. The highest BCUT2D eigenvalue weighted by Crippen LogP contribution is 2.18. The van der Waals surface area contributed by atoms with E-state index in [2.05, 4.69) is 5.32 Å². The molecule has 0 aromatic heterocycles. The zero-order valence-corrected chi connectivity index (χ0v) is 14.1. The molecule has 0 saturated carbocycles. The number of carbonyl (C=O) groups excluding carboxylic acids is 3. The monoisotopic (exact) mass is 336 g/mol. The summed E-state index contributed by atoms with van der Waals surface area (Å²) < 4.78 is 0. The van der Waals surface area contributed by atoms with Crippen molar-refractivity contribution in [1.82, 2.24) is 4.90 Å². The van der Waals surface area contributed by atoms with Gasteiger partial charge in [0.25, 0.3) is 5.91 Å². The van der Waals surface area contributed by atoms with Gasteiger partial charge in [0, 0.05) is 30.6 Å². The second-order valence-corrected chi connectivity index (χ2v) is 6.17. The molecule has 0 atom stereocenters. The average Bonchev–Trinajstić information content (AvgIpc) is 3.00. The first-order valence-corrected chi connectivity index (χ1v) is 8.32. The summed E-state index contributed by atoms with van der Waals surface area (Å²) in [7, 11) is 0. The third kappa shape index (κ3) is 3.94. The molecule has 0 unspecified atom stereocenters. The Bertz CT molecular complexity index is 812. The predicted molar refractivity (Wildman–Crippen MR) is 95.5 cm³/mol. The van der Waals surface area contributed by atoms with E-state index < -0.39 is 0 Å². The molecule has 3 rings (SSSR count). The zero-order chi connectivity index (χ0) is 17.8. The maximum Gasteiger partial charge on any atom is 0.255 e. The van der Waals surface area contributed by atoms with Crippen LogP contribution in [-0.4, -0.2) is 29.0 Å². The molecule has 1 aliphatic heterocycles. The van der Waals surface area contributed by atoms with E-state index in [0.717, 1.165) is 18.5 Å². The van der Waals surface area contributed by atoms with E-state index in [1.165, 1.54) is 6.92 Å². The van der Waals surface area contributed by atoms with E-state index in [1.54, 1.807) is 36.4 Å². The van der Waals surface area contributed by atoms with Crippen molar-refractivity contribution in [2.24, 2.45) is 0 Å². The first-order chi connectivity index (χ1) is 12.0. The second kappa shape index (κ2) is 7.30. The first kappa shape index (κ1) is 16.9. The van der Waals surface area contributed by atoms with Crippen molar-refractivity contribution in [3.63, 3.8) is 0 Å². The van der Waals surface area contributed by atoms with E-state index in [-0.39, 0.29) is 17.6 Å². The lowest BCUT2D eigenvalue weighted by Crippen LogP contribution is -2.23. The minimum absolute atomic E-state index is 0.0958. The third-order valence-electron chi connectivity index (χ3n) is 4.32. The maximum absolute atomic E-state index is 12.4. The number of hydrogen-bond donors (Lipinski definition) is 1. The summed E-state index contributed by atoms with van der Waals surface area (Å²) in [5.41, 5.74) is 2.50. The standard InChI is InChI=1S/C20H20N2O3/c1-14(23)17-5-2-3-6-18(17)21-20(25)16-10-8-15(9-11-16)13-22-12-4-7-19(22)24/h2-3,5-6,8-11H,4,7,12-13H2,1H3,(H,21,25). The number of ketones is 1. The number of para-hydroxylation sites is 1. The molecule has 5 nitrogen and oxygen atoms in total. The number of carbonyl (C=O) groups is 3. The molecule has 1 fully saturated rings. The van der Waals surface area contributed by atoms with Crippen molar-refractivity contribution in [2.75, 3.05) is 11.9 Å². The topological polar surface area (TPSA) is 66.5 Å². The van der Waals surface area contributed by atoms with Gasteiger partial charge in [-0.15, -0.1) is 0 Å². The van der Waals surface area contributed by atoms with Crippen molar-refractivity contribution < 1.29 is 14.4 Å². The highest BCUT2D eigenvalue weighted by molar-refractivity contribution is 6.08. The number of Topliss-reactive ketones (excluding diaryl/α,β-unsaturated/α-hetero) is 1. The number of rotatable bonds is 5. The van der Waals surface area contributed by atoms with Crippen molar-refractivity contribution in [2.45, 2.75) is 26.3 Å². The molecule has 1 saturated heterocycles. The van der Waals surface area contributed by atoms with Gasteiger partial charge < -0.3 is 10.2 Å². The Labute approximate surface area is 146 Å². The van der Waals surface area contributed by atoms with E-state index >= 15 is 0 Å². The number of benzene rings is 2. The van der Waals surface area contributed by atoms with Crippen molar-refractivity contribution >= 4 is 23.3 Å². The molecule has 2 amide bonds. The molecule has 0 radical (unpaired) electrons. The van der Waals surface area contributed by atoms with Gasteiger partial charge in [0.2, 0.25) is 5.91 Å². The molecule has 2 aromatic carbocycles. The lowest BCUT2D eigenvalue weighted by atomic mass is 10.1. The second-order valence-electron chi connectivity index (χ2n) is 6.17. The Kier molecular flexibility index (Phi) is 4.93. The van der Waals surface area contributed by atoms with Crippen LogP contribution >= 0.6 is 0 Å². The fraction of sp³-hybridized carbons (Fsp3) is 0.250. The van der Waals surface area contributed by atoms with Crippen molar-refractivity contribution in [3.05, 3.63) is 65.2 Å². The molecule has 0 spiro atoms. The van der Waals surface area contributed by atoms with Crippen LogP contribution in [0.2, 0.25) is 0 Å². The van der Waals surface area contributed by atoms with Crippen LogP contribution in [0.4, 0.5) is 5.69 Å². The van der Waals surface area contributed by atoms with Gasteiger partial charge in [-0.1, -0.05) is 24.3 Å². The van der Waals surface area contributed by atoms with E-state index in [0.29, 0.717) is 29.8 Å². The van der Waals surface area contributed by atoms with E-state index in [4.69, 9.17) is 0 Å². The summed E-state index contributed by atoms with van der Waals surface area (Å²) >= 11 is 0. The van der Waals surface area contributed by atoms with Gasteiger partial charge in [0.05, 0.1) is 5.69 Å². The largest absolute Gasteiger partial charge is 0.338 e. The Morgan fingerprint density at radius 3 is 2.44 bits per heavy atom. The Morgan fingerprint density at radius 1 is 1.08 bits per heavy atom. The molecule has 128 valence electrons. The summed E-state index contributed by atoms with van der Waals surface area (Å²) in [5, 5.41) is 2.78. The SMILES string of the molecule is CC(=O)c1ccccc1NC(=O)c1ccc(CN2CCCC2=O)cc1. The number of hydrogen-bond acceptors (Lipinski definition) is 3. The Hall–Kier alpha value is -2.95. The number of amides is 2. The van der Waals surface area contributed by atoms with Gasteiger partial charge in [-0.2, -0.15) is 0 Å². The number of nitrogens with zero attached hydrogens (tertiary/aromatic N) is 1. The van der Waals surface area contributed by atoms with Crippen LogP contribution in [0.3, 0.4) is 0 Å². The molecule has 0 bridgehead atoms. The van der Waals surface area contributed by atoms with Crippen molar-refractivity contribution in [1.29, 1.82) is 0 Å². The fourth-order valence-corrected chi connectivity index (χ4v) is 2.95. The van der Waals surface area contributed by atoms with Gasteiger partial charge in [-0.25, -0.2) is 0 Å². The summed E-state index contributed by atoms with van der Waals surface area (Å²) in [5.74, 6) is -0.179. The lowest BCUT2D eigenvalue weighted by Gasteiger charge is -2.15. The summed E-state index contributed by atoms with van der Waals surface area (Å²) in [6, 6.07) is 14.1. The van der Waals surface area contributed by atoms with Gasteiger partial charge >= 0.3 is 0 Å². The molecule has 5 heteroatoms. The van der Waals surface area contributed by atoms with Crippen LogP contribution in [0.25, 0.3) is 0 Å².